The van der Waals surface area contributed by atoms with Gasteiger partial charge in [-0.25, -0.2) is 0 Å². The molecule has 0 aliphatic rings. The zero-order valence-electron chi connectivity index (χ0n) is 11.9. The molecule has 0 saturated carbocycles. The first-order valence-corrected chi connectivity index (χ1v) is 8.03. The van der Waals surface area contributed by atoms with E-state index in [-0.39, 0.29) is 0 Å². The molecule has 0 atom stereocenters. The lowest BCUT2D eigenvalue weighted by Crippen LogP contribution is -1.70. The Labute approximate surface area is 133 Å². The molecule has 0 radical (unpaired) electrons. The van der Waals surface area contributed by atoms with Crippen molar-refractivity contribution in [3.05, 3.63) is 84.9 Å². The minimum absolute atomic E-state index is 0.908. The van der Waals surface area contributed by atoms with E-state index in [0.717, 1.165) is 22.0 Å². The Hall–Kier alpha value is -2.58. The van der Waals surface area contributed by atoms with Gasteiger partial charge in [-0.05, 0) is 29.8 Å². The number of benzene rings is 2. The fourth-order valence-corrected chi connectivity index (χ4v) is 3.43. The molecule has 2 heteroatoms. The van der Waals surface area contributed by atoms with Gasteiger partial charge in [-0.15, -0.1) is 11.3 Å². The summed E-state index contributed by atoms with van der Waals surface area (Å²) in [5, 5.41) is 0. The third-order valence-electron chi connectivity index (χ3n) is 3.57. The third kappa shape index (κ3) is 2.49. The van der Waals surface area contributed by atoms with Gasteiger partial charge in [0, 0.05) is 10.4 Å². The van der Waals surface area contributed by atoms with E-state index in [1.165, 1.54) is 10.4 Å². The van der Waals surface area contributed by atoms with Crippen molar-refractivity contribution in [3.63, 3.8) is 0 Å². The zero-order valence-corrected chi connectivity index (χ0v) is 12.7. The smallest absolute Gasteiger partial charge is 0.144 e. The summed E-state index contributed by atoms with van der Waals surface area (Å²) in [6.45, 7) is 0. The molecule has 0 fully saturated rings. The molecule has 0 aliphatic carbocycles. The monoisotopic (exact) mass is 302 g/mol. The van der Waals surface area contributed by atoms with Gasteiger partial charge in [-0.3, -0.25) is 0 Å². The van der Waals surface area contributed by atoms with Crippen molar-refractivity contribution in [2.45, 2.75) is 0 Å². The molecular weight excluding hydrogens is 288 g/mol. The van der Waals surface area contributed by atoms with Crippen molar-refractivity contribution >= 4 is 11.3 Å². The molecule has 0 unspecified atom stereocenters. The van der Waals surface area contributed by atoms with Gasteiger partial charge in [0.25, 0.3) is 0 Å². The molecule has 106 valence electrons. The minimum atomic E-state index is 0.908. The second-order valence-corrected chi connectivity index (χ2v) is 6.14. The van der Waals surface area contributed by atoms with Crippen LogP contribution in [0.25, 0.3) is 32.4 Å². The summed E-state index contributed by atoms with van der Waals surface area (Å²) < 4.78 is 6.02. The topological polar surface area (TPSA) is 13.1 Å². The van der Waals surface area contributed by atoms with E-state index >= 15 is 0 Å². The molecule has 2 aromatic heterocycles. The number of furan rings is 1. The maximum atomic E-state index is 6.02. The lowest BCUT2D eigenvalue weighted by molar-refractivity contribution is 0.599. The normalized spacial score (nSPS) is 10.7. The van der Waals surface area contributed by atoms with Crippen molar-refractivity contribution < 1.29 is 4.42 Å². The van der Waals surface area contributed by atoms with Gasteiger partial charge < -0.3 is 4.42 Å². The summed E-state index contributed by atoms with van der Waals surface area (Å²) in [5.41, 5.74) is 2.35. The number of rotatable bonds is 3. The molecule has 0 spiro atoms. The van der Waals surface area contributed by atoms with E-state index < -0.39 is 0 Å². The Bertz CT molecular complexity index is 796. The summed E-state index contributed by atoms with van der Waals surface area (Å²) in [4.78, 5) is 2.41. The second kappa shape index (κ2) is 5.66. The van der Waals surface area contributed by atoms with Crippen LogP contribution in [0.3, 0.4) is 0 Å². The molecule has 0 bridgehead atoms. The quantitative estimate of drug-likeness (QED) is 0.430. The average Bonchev–Trinajstić information content (AvgIpc) is 3.26. The van der Waals surface area contributed by atoms with Crippen molar-refractivity contribution in [2.75, 3.05) is 0 Å². The minimum Gasteiger partial charge on any atom is -0.455 e. The van der Waals surface area contributed by atoms with Crippen LogP contribution in [0, 0.1) is 0 Å². The maximum absolute atomic E-state index is 6.02. The Balaban J connectivity index is 1.66. The van der Waals surface area contributed by atoms with Crippen LogP contribution in [-0.2, 0) is 0 Å². The Morgan fingerprint density at radius 1 is 0.500 bits per heavy atom. The molecule has 0 aliphatic heterocycles. The van der Waals surface area contributed by atoms with Gasteiger partial charge in [-0.2, -0.15) is 0 Å². The van der Waals surface area contributed by atoms with E-state index in [0.29, 0.717) is 0 Å². The fraction of sp³-hybridized carbons (Fsp3) is 0. The predicted molar refractivity (Wildman–Crippen MR) is 92.9 cm³/mol. The Morgan fingerprint density at radius 3 is 1.82 bits per heavy atom. The van der Waals surface area contributed by atoms with Crippen LogP contribution in [0.4, 0.5) is 0 Å². The van der Waals surface area contributed by atoms with Gasteiger partial charge in [-0.1, -0.05) is 60.7 Å². The molecule has 22 heavy (non-hydrogen) atoms. The highest BCUT2D eigenvalue weighted by atomic mass is 32.1. The third-order valence-corrected chi connectivity index (χ3v) is 4.72. The fourth-order valence-electron chi connectivity index (χ4n) is 2.46. The summed E-state index contributed by atoms with van der Waals surface area (Å²) in [6, 6.07) is 29.0. The molecule has 4 rings (SSSR count). The Kier molecular flexibility index (Phi) is 3.37. The van der Waals surface area contributed by atoms with Gasteiger partial charge in [0.2, 0.25) is 0 Å². The first kappa shape index (κ1) is 13.1. The molecule has 4 aromatic rings. The molecule has 2 aromatic carbocycles. The lowest BCUT2D eigenvalue weighted by Gasteiger charge is -1.96. The first-order chi connectivity index (χ1) is 10.9. The van der Waals surface area contributed by atoms with Gasteiger partial charge in [0.15, 0.2) is 0 Å². The van der Waals surface area contributed by atoms with Crippen LogP contribution >= 0.6 is 11.3 Å². The van der Waals surface area contributed by atoms with Crippen LogP contribution in [0.5, 0.6) is 0 Å². The number of hydrogen-bond donors (Lipinski definition) is 0. The van der Waals surface area contributed by atoms with Gasteiger partial charge >= 0.3 is 0 Å². The highest BCUT2D eigenvalue weighted by molar-refractivity contribution is 7.18. The van der Waals surface area contributed by atoms with Crippen molar-refractivity contribution in [3.8, 4) is 32.4 Å². The molecule has 0 saturated heterocycles. The van der Waals surface area contributed by atoms with Crippen LogP contribution in [0.15, 0.2) is 89.3 Å². The van der Waals surface area contributed by atoms with E-state index in [4.69, 9.17) is 4.42 Å². The van der Waals surface area contributed by atoms with Crippen molar-refractivity contribution in [1.82, 2.24) is 0 Å². The summed E-state index contributed by atoms with van der Waals surface area (Å²) in [6.07, 6.45) is 0. The SMILES string of the molecule is c1ccc(-c2ccc(-c3ccc(-c4ccccc4)s3)o2)cc1. The lowest BCUT2D eigenvalue weighted by atomic mass is 10.2. The number of hydrogen-bond acceptors (Lipinski definition) is 2. The van der Waals surface area contributed by atoms with E-state index in [1.807, 2.05) is 36.4 Å². The molecule has 0 N–H and O–H groups in total. The first-order valence-electron chi connectivity index (χ1n) is 7.21. The molecule has 0 amide bonds. The number of thiophene rings is 1. The van der Waals surface area contributed by atoms with Crippen LogP contribution in [-0.4, -0.2) is 0 Å². The summed E-state index contributed by atoms with van der Waals surface area (Å²) in [5.74, 6) is 1.83. The van der Waals surface area contributed by atoms with Crippen LogP contribution < -0.4 is 0 Å². The molecular formula is C20H14OS. The standard InChI is InChI=1S/C20H14OS/c1-3-7-15(8-4-1)17-11-12-18(21-17)20-14-13-19(22-20)16-9-5-2-6-10-16/h1-14H. The average molecular weight is 302 g/mol. The van der Waals surface area contributed by atoms with E-state index in [1.54, 1.807) is 11.3 Å². The summed E-state index contributed by atoms with van der Waals surface area (Å²) >= 11 is 1.75. The van der Waals surface area contributed by atoms with Crippen LogP contribution in [0.1, 0.15) is 0 Å². The van der Waals surface area contributed by atoms with Gasteiger partial charge in [0.1, 0.15) is 11.5 Å². The van der Waals surface area contributed by atoms with E-state index in [2.05, 4.69) is 48.5 Å². The zero-order chi connectivity index (χ0) is 14.8. The Morgan fingerprint density at radius 2 is 1.09 bits per heavy atom. The second-order valence-electron chi connectivity index (χ2n) is 5.06. The predicted octanol–water partition coefficient (Wildman–Crippen LogP) is 6.34. The molecule has 2 heterocycles. The van der Waals surface area contributed by atoms with E-state index in [9.17, 15) is 0 Å². The van der Waals surface area contributed by atoms with Crippen molar-refractivity contribution in [1.29, 1.82) is 0 Å². The summed E-state index contributed by atoms with van der Waals surface area (Å²) in [7, 11) is 0. The largest absolute Gasteiger partial charge is 0.455 e. The highest BCUT2D eigenvalue weighted by Crippen LogP contribution is 2.36. The van der Waals surface area contributed by atoms with Crippen LogP contribution in [0.2, 0.25) is 0 Å². The van der Waals surface area contributed by atoms with Gasteiger partial charge in [0.05, 0.1) is 4.88 Å². The molecule has 1 nitrogen and oxygen atoms in total. The van der Waals surface area contributed by atoms with Crippen molar-refractivity contribution in [2.24, 2.45) is 0 Å². The maximum Gasteiger partial charge on any atom is 0.144 e. The highest BCUT2D eigenvalue weighted by Gasteiger charge is 2.09.